The maximum Gasteiger partial charge on any atom is 0.163 e. The SMILES string of the molecule is Cc1ccc(-c2cc(C(=O)CCc3ccc(C)nn3)cc3c2cnn3Cc2ccccc2)nc1. The van der Waals surface area contributed by atoms with E-state index in [1.165, 1.54) is 0 Å². The number of hydrogen-bond donors (Lipinski definition) is 0. The first-order chi connectivity index (χ1) is 16.6. The topological polar surface area (TPSA) is 73.6 Å². The summed E-state index contributed by atoms with van der Waals surface area (Å²) in [5, 5.41) is 13.9. The Balaban J connectivity index is 1.53. The zero-order valence-corrected chi connectivity index (χ0v) is 19.3. The van der Waals surface area contributed by atoms with Gasteiger partial charge in [0.25, 0.3) is 0 Å². The highest BCUT2D eigenvalue weighted by Gasteiger charge is 2.16. The minimum Gasteiger partial charge on any atom is -0.294 e. The predicted molar refractivity (Wildman–Crippen MR) is 133 cm³/mol. The molecule has 3 heterocycles. The molecule has 0 spiro atoms. The highest BCUT2D eigenvalue weighted by atomic mass is 16.1. The molecule has 5 rings (SSSR count). The Hall–Kier alpha value is -4.19. The predicted octanol–water partition coefficient (Wildman–Crippen LogP) is 5.37. The van der Waals surface area contributed by atoms with Gasteiger partial charge in [-0.3, -0.25) is 14.5 Å². The molecule has 0 N–H and O–H groups in total. The number of carbonyl (C=O) groups excluding carboxylic acids is 1. The number of Topliss-reactive ketones (excluding diaryl/α,β-unsaturated/α-hetero) is 1. The number of hydrogen-bond acceptors (Lipinski definition) is 5. The molecule has 6 heteroatoms. The molecule has 0 unspecified atom stereocenters. The van der Waals surface area contributed by atoms with Crippen molar-refractivity contribution in [2.75, 3.05) is 0 Å². The molecule has 0 radical (unpaired) electrons. The molecule has 34 heavy (non-hydrogen) atoms. The molecule has 5 aromatic rings. The minimum atomic E-state index is 0.0603. The van der Waals surface area contributed by atoms with Crippen LogP contribution in [0.3, 0.4) is 0 Å². The maximum atomic E-state index is 13.3. The first-order valence-corrected chi connectivity index (χ1v) is 11.4. The van der Waals surface area contributed by atoms with Gasteiger partial charge in [-0.15, -0.1) is 0 Å². The lowest BCUT2D eigenvalue weighted by molar-refractivity contribution is 0.0982. The number of ketones is 1. The Bertz CT molecular complexity index is 1440. The van der Waals surface area contributed by atoms with Crippen LogP contribution in [0.5, 0.6) is 0 Å². The average Bonchev–Trinajstić information content (AvgIpc) is 3.26. The summed E-state index contributed by atoms with van der Waals surface area (Å²) in [7, 11) is 0. The second kappa shape index (κ2) is 9.35. The van der Waals surface area contributed by atoms with Crippen LogP contribution in [0.1, 0.15) is 39.3 Å². The van der Waals surface area contributed by atoms with E-state index in [4.69, 9.17) is 0 Å². The van der Waals surface area contributed by atoms with Crippen LogP contribution >= 0.6 is 0 Å². The summed E-state index contributed by atoms with van der Waals surface area (Å²) in [6.07, 6.45) is 4.62. The number of aryl methyl sites for hydroxylation is 3. The first-order valence-electron chi connectivity index (χ1n) is 11.4. The van der Waals surface area contributed by atoms with Gasteiger partial charge in [-0.1, -0.05) is 36.4 Å². The Morgan fingerprint density at radius 1 is 0.912 bits per heavy atom. The highest BCUT2D eigenvalue weighted by Crippen LogP contribution is 2.30. The van der Waals surface area contributed by atoms with Crippen molar-refractivity contribution in [3.63, 3.8) is 0 Å². The Morgan fingerprint density at radius 2 is 1.76 bits per heavy atom. The van der Waals surface area contributed by atoms with Gasteiger partial charge in [0, 0.05) is 29.1 Å². The molecule has 0 amide bonds. The van der Waals surface area contributed by atoms with Crippen molar-refractivity contribution in [3.8, 4) is 11.3 Å². The molecule has 0 fully saturated rings. The number of carbonyl (C=O) groups is 1. The number of pyridine rings is 1. The van der Waals surface area contributed by atoms with E-state index in [9.17, 15) is 4.79 Å². The van der Waals surface area contributed by atoms with Crippen molar-refractivity contribution in [2.45, 2.75) is 33.2 Å². The van der Waals surface area contributed by atoms with Gasteiger partial charge < -0.3 is 0 Å². The van der Waals surface area contributed by atoms with Gasteiger partial charge in [0.2, 0.25) is 0 Å². The van der Waals surface area contributed by atoms with Gasteiger partial charge >= 0.3 is 0 Å². The van der Waals surface area contributed by atoms with E-state index in [0.29, 0.717) is 24.9 Å². The molecule has 0 aliphatic rings. The van der Waals surface area contributed by atoms with Crippen molar-refractivity contribution in [1.82, 2.24) is 25.0 Å². The summed E-state index contributed by atoms with van der Waals surface area (Å²) < 4.78 is 1.95. The molecule has 0 atom stereocenters. The van der Waals surface area contributed by atoms with E-state index >= 15 is 0 Å². The number of fused-ring (bicyclic) bond motifs is 1. The van der Waals surface area contributed by atoms with E-state index in [0.717, 1.165) is 44.7 Å². The van der Waals surface area contributed by atoms with Crippen LogP contribution in [0.15, 0.2) is 79.1 Å². The first kappa shape index (κ1) is 21.6. The van der Waals surface area contributed by atoms with Crippen LogP contribution in [0.2, 0.25) is 0 Å². The number of benzene rings is 2. The Kier molecular flexibility index (Phi) is 5.95. The standard InChI is InChI=1S/C28H25N5O/c1-19-8-12-26(29-16-19)24-14-22(28(34)13-11-23-10-9-20(2)31-32-23)15-27-25(24)17-30-33(27)18-21-6-4-3-5-7-21/h3-10,12,14-17H,11,13,18H2,1-2H3. The summed E-state index contributed by atoms with van der Waals surface area (Å²) >= 11 is 0. The maximum absolute atomic E-state index is 13.3. The summed E-state index contributed by atoms with van der Waals surface area (Å²) in [5.41, 5.74) is 7.23. The van der Waals surface area contributed by atoms with Gasteiger partial charge in [-0.05, 0) is 61.7 Å². The number of nitrogens with zero attached hydrogens (tertiary/aromatic N) is 5. The zero-order chi connectivity index (χ0) is 23.5. The van der Waals surface area contributed by atoms with Gasteiger partial charge in [-0.2, -0.15) is 15.3 Å². The third-order valence-electron chi connectivity index (χ3n) is 5.91. The van der Waals surface area contributed by atoms with Crippen molar-refractivity contribution >= 4 is 16.7 Å². The molecule has 0 bridgehead atoms. The highest BCUT2D eigenvalue weighted by molar-refractivity contribution is 6.04. The molecule has 0 aliphatic heterocycles. The molecule has 3 aromatic heterocycles. The lowest BCUT2D eigenvalue weighted by Crippen LogP contribution is -2.06. The molecule has 0 aliphatic carbocycles. The third-order valence-corrected chi connectivity index (χ3v) is 5.91. The summed E-state index contributed by atoms with van der Waals surface area (Å²) in [4.78, 5) is 17.9. The fourth-order valence-electron chi connectivity index (χ4n) is 4.01. The van der Waals surface area contributed by atoms with Crippen molar-refractivity contribution < 1.29 is 4.79 Å². The quantitative estimate of drug-likeness (QED) is 0.314. The zero-order valence-electron chi connectivity index (χ0n) is 19.3. The summed E-state index contributed by atoms with van der Waals surface area (Å²) in [6.45, 7) is 4.54. The fourth-order valence-corrected chi connectivity index (χ4v) is 4.01. The van der Waals surface area contributed by atoms with E-state index in [1.54, 1.807) is 0 Å². The smallest absolute Gasteiger partial charge is 0.163 e. The molecule has 168 valence electrons. The summed E-state index contributed by atoms with van der Waals surface area (Å²) in [5.74, 6) is 0.0603. The monoisotopic (exact) mass is 447 g/mol. The van der Waals surface area contributed by atoms with Crippen LogP contribution < -0.4 is 0 Å². The molecule has 6 nitrogen and oxygen atoms in total. The second-order valence-electron chi connectivity index (χ2n) is 8.55. The van der Waals surface area contributed by atoms with Crippen molar-refractivity contribution in [1.29, 1.82) is 0 Å². The van der Waals surface area contributed by atoms with Crippen LogP contribution in [-0.4, -0.2) is 30.7 Å². The van der Waals surface area contributed by atoms with E-state index in [-0.39, 0.29) is 5.78 Å². The van der Waals surface area contributed by atoms with Gasteiger partial charge in [0.05, 0.1) is 35.3 Å². The van der Waals surface area contributed by atoms with Crippen LogP contribution in [0.4, 0.5) is 0 Å². The second-order valence-corrected chi connectivity index (χ2v) is 8.55. The molecule has 0 saturated carbocycles. The van der Waals surface area contributed by atoms with Crippen LogP contribution in [0.25, 0.3) is 22.2 Å². The van der Waals surface area contributed by atoms with E-state index < -0.39 is 0 Å². The Morgan fingerprint density at radius 3 is 2.50 bits per heavy atom. The fraction of sp³-hybridized carbons (Fsp3) is 0.179. The lowest BCUT2D eigenvalue weighted by atomic mass is 9.98. The minimum absolute atomic E-state index is 0.0603. The molecule has 2 aromatic carbocycles. The normalized spacial score (nSPS) is 11.1. The van der Waals surface area contributed by atoms with Gasteiger partial charge in [-0.25, -0.2) is 0 Å². The lowest BCUT2D eigenvalue weighted by Gasteiger charge is -2.10. The van der Waals surface area contributed by atoms with E-state index in [1.807, 2.05) is 85.5 Å². The van der Waals surface area contributed by atoms with Crippen LogP contribution in [-0.2, 0) is 13.0 Å². The molecular formula is C28H25N5O. The molecule has 0 saturated heterocycles. The van der Waals surface area contributed by atoms with Gasteiger partial charge in [0.1, 0.15) is 0 Å². The van der Waals surface area contributed by atoms with Crippen molar-refractivity contribution in [3.05, 3.63) is 107 Å². The van der Waals surface area contributed by atoms with Gasteiger partial charge in [0.15, 0.2) is 5.78 Å². The van der Waals surface area contributed by atoms with E-state index in [2.05, 4.69) is 32.4 Å². The Labute approximate surface area is 198 Å². The summed E-state index contributed by atoms with van der Waals surface area (Å²) in [6, 6.07) is 22.0. The third kappa shape index (κ3) is 4.62. The average molecular weight is 448 g/mol. The largest absolute Gasteiger partial charge is 0.294 e. The number of rotatable bonds is 7. The van der Waals surface area contributed by atoms with Crippen LogP contribution in [0, 0.1) is 13.8 Å². The molecular weight excluding hydrogens is 422 g/mol. The number of aromatic nitrogens is 5. The van der Waals surface area contributed by atoms with Crippen molar-refractivity contribution in [2.24, 2.45) is 0 Å².